The molecule has 2 heterocycles. The monoisotopic (exact) mass is 367 g/mol. The van der Waals surface area contributed by atoms with Crippen LogP contribution in [-0.2, 0) is 9.59 Å². The molecule has 1 aliphatic heterocycles. The van der Waals surface area contributed by atoms with E-state index in [1.54, 1.807) is 13.8 Å². The molecule has 1 saturated heterocycles. The van der Waals surface area contributed by atoms with Gasteiger partial charge in [0.1, 0.15) is 9.88 Å². The second-order valence-electron chi connectivity index (χ2n) is 6.76. The van der Waals surface area contributed by atoms with Gasteiger partial charge in [-0.1, -0.05) is 13.8 Å². The van der Waals surface area contributed by atoms with Crippen molar-refractivity contribution in [3.05, 3.63) is 15.6 Å². The first-order chi connectivity index (χ1) is 11.7. The van der Waals surface area contributed by atoms with Crippen LogP contribution < -0.4 is 5.32 Å². The summed E-state index contributed by atoms with van der Waals surface area (Å²) in [5.41, 5.74) is 0.467. The summed E-state index contributed by atoms with van der Waals surface area (Å²) < 4.78 is 0. The summed E-state index contributed by atoms with van der Waals surface area (Å²) in [7, 11) is 0. The molecule has 25 heavy (non-hydrogen) atoms. The lowest BCUT2D eigenvalue weighted by atomic mass is 9.95. The SMILES string of the molecule is Cc1nc(C(C)NC(=O)C2CCN(C(=O)C(C)C)CC2)sc1C(=O)O. The van der Waals surface area contributed by atoms with Crippen molar-refractivity contribution in [3.63, 3.8) is 0 Å². The molecule has 2 rings (SSSR count). The smallest absolute Gasteiger partial charge is 0.347 e. The van der Waals surface area contributed by atoms with Crippen molar-refractivity contribution in [2.45, 2.75) is 46.6 Å². The molecule has 138 valence electrons. The Hall–Kier alpha value is -1.96. The Morgan fingerprint density at radius 1 is 1.24 bits per heavy atom. The van der Waals surface area contributed by atoms with Crippen LogP contribution in [0.15, 0.2) is 0 Å². The fourth-order valence-electron chi connectivity index (χ4n) is 2.92. The van der Waals surface area contributed by atoms with Gasteiger partial charge in [-0.2, -0.15) is 0 Å². The minimum atomic E-state index is -0.998. The van der Waals surface area contributed by atoms with Crippen LogP contribution in [0.5, 0.6) is 0 Å². The van der Waals surface area contributed by atoms with Crippen LogP contribution in [0.4, 0.5) is 0 Å². The van der Waals surface area contributed by atoms with Crippen LogP contribution in [0.3, 0.4) is 0 Å². The van der Waals surface area contributed by atoms with Crippen LogP contribution in [-0.4, -0.2) is 45.9 Å². The fourth-order valence-corrected chi connectivity index (χ4v) is 3.83. The summed E-state index contributed by atoms with van der Waals surface area (Å²) >= 11 is 1.09. The van der Waals surface area contributed by atoms with E-state index < -0.39 is 5.97 Å². The number of carbonyl (C=O) groups excluding carboxylic acids is 2. The highest BCUT2D eigenvalue weighted by Crippen LogP contribution is 2.25. The predicted octanol–water partition coefficient (Wildman–Crippen LogP) is 2.22. The molecule has 8 heteroatoms. The molecule has 1 aromatic rings. The highest BCUT2D eigenvalue weighted by molar-refractivity contribution is 7.13. The number of aromatic nitrogens is 1. The van der Waals surface area contributed by atoms with E-state index in [1.165, 1.54) is 0 Å². The first-order valence-electron chi connectivity index (χ1n) is 8.50. The number of carboxylic acid groups (broad SMARTS) is 1. The van der Waals surface area contributed by atoms with Gasteiger partial charge < -0.3 is 15.3 Å². The first kappa shape index (κ1) is 19.4. The second kappa shape index (κ2) is 7.95. The Morgan fingerprint density at radius 2 is 1.84 bits per heavy atom. The van der Waals surface area contributed by atoms with Crippen molar-refractivity contribution >= 4 is 29.1 Å². The van der Waals surface area contributed by atoms with Gasteiger partial charge in [0.15, 0.2) is 0 Å². The average Bonchev–Trinajstić information content (AvgIpc) is 2.96. The van der Waals surface area contributed by atoms with Crippen molar-refractivity contribution in [1.29, 1.82) is 0 Å². The number of aryl methyl sites for hydroxylation is 1. The standard InChI is InChI=1S/C17H25N3O4S/c1-9(2)16(22)20-7-5-12(6-8-20)14(21)18-11(4)15-19-10(3)13(25-15)17(23)24/h9,11-12H,5-8H2,1-4H3,(H,18,21)(H,23,24). The van der Waals surface area contributed by atoms with Crippen molar-refractivity contribution in [3.8, 4) is 0 Å². The zero-order valence-corrected chi connectivity index (χ0v) is 15.9. The lowest BCUT2D eigenvalue weighted by Gasteiger charge is -2.32. The van der Waals surface area contributed by atoms with Crippen molar-refractivity contribution in [2.24, 2.45) is 11.8 Å². The van der Waals surface area contributed by atoms with Crippen LogP contribution >= 0.6 is 11.3 Å². The van der Waals surface area contributed by atoms with Crippen LogP contribution in [0.2, 0.25) is 0 Å². The van der Waals surface area contributed by atoms with Gasteiger partial charge in [-0.05, 0) is 26.7 Å². The third-order valence-electron chi connectivity index (χ3n) is 4.41. The molecule has 0 radical (unpaired) electrons. The molecule has 0 aromatic carbocycles. The van der Waals surface area contributed by atoms with Crippen LogP contribution in [0, 0.1) is 18.8 Å². The van der Waals surface area contributed by atoms with Crippen LogP contribution in [0.1, 0.15) is 60.0 Å². The number of hydrogen-bond donors (Lipinski definition) is 2. The zero-order chi connectivity index (χ0) is 18.7. The number of carboxylic acids is 1. The summed E-state index contributed by atoms with van der Waals surface area (Å²) in [6.45, 7) is 8.42. The highest BCUT2D eigenvalue weighted by atomic mass is 32.1. The van der Waals surface area contributed by atoms with Gasteiger partial charge in [0.05, 0.1) is 11.7 Å². The topological polar surface area (TPSA) is 99.6 Å². The van der Waals surface area contributed by atoms with Gasteiger partial charge in [0.2, 0.25) is 11.8 Å². The van der Waals surface area contributed by atoms with Gasteiger partial charge in [0.25, 0.3) is 0 Å². The lowest BCUT2D eigenvalue weighted by Crippen LogP contribution is -2.44. The number of amides is 2. The molecule has 0 saturated carbocycles. The number of aromatic carboxylic acids is 1. The van der Waals surface area contributed by atoms with Crippen LogP contribution in [0.25, 0.3) is 0 Å². The number of hydrogen-bond acceptors (Lipinski definition) is 5. The van der Waals surface area contributed by atoms with E-state index in [9.17, 15) is 14.4 Å². The summed E-state index contributed by atoms with van der Waals surface area (Å²) in [6.07, 6.45) is 1.29. The maximum Gasteiger partial charge on any atom is 0.347 e. The molecule has 1 aromatic heterocycles. The third kappa shape index (κ3) is 4.56. The Bertz CT molecular complexity index is 663. The summed E-state index contributed by atoms with van der Waals surface area (Å²) in [5.74, 6) is -1.08. The minimum Gasteiger partial charge on any atom is -0.477 e. The van der Waals surface area contributed by atoms with E-state index in [-0.39, 0.29) is 34.6 Å². The van der Waals surface area contributed by atoms with E-state index in [0.717, 1.165) is 11.3 Å². The van der Waals surface area contributed by atoms with Gasteiger partial charge in [-0.25, -0.2) is 9.78 Å². The molecule has 1 fully saturated rings. The molecule has 1 aliphatic rings. The first-order valence-corrected chi connectivity index (χ1v) is 9.32. The molecule has 1 unspecified atom stereocenters. The number of rotatable bonds is 5. The summed E-state index contributed by atoms with van der Waals surface area (Å²) in [4.78, 5) is 41.9. The number of nitrogens with one attached hydrogen (secondary N) is 1. The number of likely N-dealkylation sites (tertiary alicyclic amines) is 1. The van der Waals surface area contributed by atoms with Crippen molar-refractivity contribution in [1.82, 2.24) is 15.2 Å². The van der Waals surface area contributed by atoms with E-state index in [1.807, 2.05) is 18.7 Å². The van der Waals surface area contributed by atoms with E-state index >= 15 is 0 Å². The molecular formula is C17H25N3O4S. The average molecular weight is 367 g/mol. The van der Waals surface area contributed by atoms with E-state index in [2.05, 4.69) is 10.3 Å². The Labute approximate surface area is 151 Å². The third-order valence-corrected chi connectivity index (χ3v) is 5.74. The van der Waals surface area contributed by atoms with Crippen molar-refractivity contribution < 1.29 is 19.5 Å². The number of nitrogens with zero attached hydrogens (tertiary/aromatic N) is 2. The molecule has 7 nitrogen and oxygen atoms in total. The fraction of sp³-hybridized carbons (Fsp3) is 0.647. The Balaban J connectivity index is 1.91. The van der Waals surface area contributed by atoms with Gasteiger partial charge in [0, 0.05) is 24.9 Å². The summed E-state index contributed by atoms with van der Waals surface area (Å²) in [6, 6.07) is -0.334. The quantitative estimate of drug-likeness (QED) is 0.831. The predicted molar refractivity (Wildman–Crippen MR) is 94.5 cm³/mol. The molecular weight excluding hydrogens is 342 g/mol. The number of thiazole rings is 1. The van der Waals surface area contributed by atoms with Gasteiger partial charge >= 0.3 is 5.97 Å². The van der Waals surface area contributed by atoms with E-state index in [0.29, 0.717) is 36.6 Å². The summed E-state index contributed by atoms with van der Waals surface area (Å²) in [5, 5.41) is 12.6. The molecule has 0 aliphatic carbocycles. The maximum atomic E-state index is 12.5. The highest BCUT2D eigenvalue weighted by Gasteiger charge is 2.29. The Morgan fingerprint density at radius 3 is 2.32 bits per heavy atom. The molecule has 2 N–H and O–H groups in total. The van der Waals surface area contributed by atoms with E-state index in [4.69, 9.17) is 5.11 Å². The molecule has 0 bridgehead atoms. The maximum absolute atomic E-state index is 12.5. The lowest BCUT2D eigenvalue weighted by molar-refractivity contribution is -0.138. The largest absolute Gasteiger partial charge is 0.477 e. The molecule has 0 spiro atoms. The number of piperidine rings is 1. The van der Waals surface area contributed by atoms with Gasteiger partial charge in [-0.3, -0.25) is 9.59 Å². The number of carbonyl (C=O) groups is 3. The van der Waals surface area contributed by atoms with Gasteiger partial charge in [-0.15, -0.1) is 11.3 Å². The second-order valence-corrected chi connectivity index (χ2v) is 7.79. The van der Waals surface area contributed by atoms with Crippen molar-refractivity contribution in [2.75, 3.05) is 13.1 Å². The molecule has 2 amide bonds. The zero-order valence-electron chi connectivity index (χ0n) is 15.0. The Kier molecular flexibility index (Phi) is 6.16. The normalized spacial score (nSPS) is 16.8. The minimum absolute atomic E-state index is 0.0260. The molecule has 1 atom stereocenters.